The Kier molecular flexibility index (Phi) is 5.56. The van der Waals surface area contributed by atoms with E-state index in [1.54, 1.807) is 0 Å². The molecule has 1 amide bonds. The molecule has 0 unspecified atom stereocenters. The van der Waals surface area contributed by atoms with Crippen molar-refractivity contribution in [3.05, 3.63) is 53.4 Å². The second kappa shape index (κ2) is 8.10. The molecule has 0 radical (unpaired) electrons. The zero-order valence-corrected chi connectivity index (χ0v) is 17.1. The van der Waals surface area contributed by atoms with Crippen LogP contribution in [0.2, 0.25) is 0 Å². The molecule has 2 saturated carbocycles. The maximum Gasteiger partial charge on any atom is 0.251 e. The maximum absolute atomic E-state index is 12.5. The predicted molar refractivity (Wildman–Crippen MR) is 110 cm³/mol. The summed E-state index contributed by atoms with van der Waals surface area (Å²) in [7, 11) is 0. The highest BCUT2D eigenvalue weighted by atomic mass is 16.5. The second-order valence-electron chi connectivity index (χ2n) is 9.34. The van der Waals surface area contributed by atoms with Gasteiger partial charge < -0.3 is 9.84 Å². The van der Waals surface area contributed by atoms with Gasteiger partial charge in [0.1, 0.15) is 5.76 Å². The quantitative estimate of drug-likeness (QED) is 0.751. The van der Waals surface area contributed by atoms with Crippen molar-refractivity contribution in [1.29, 1.82) is 0 Å². The zero-order chi connectivity index (χ0) is 19.6. The number of hydrogen-bond acceptors (Lipinski definition) is 3. The van der Waals surface area contributed by atoms with Crippen LogP contribution in [0.5, 0.6) is 0 Å². The summed E-state index contributed by atoms with van der Waals surface area (Å²) in [5, 5.41) is 7.56. The van der Waals surface area contributed by atoms with E-state index >= 15 is 0 Å². The Morgan fingerprint density at radius 2 is 1.89 bits per heavy atom. The van der Waals surface area contributed by atoms with E-state index < -0.39 is 0 Å². The van der Waals surface area contributed by atoms with Crippen molar-refractivity contribution in [2.24, 2.45) is 17.3 Å². The van der Waals surface area contributed by atoms with Gasteiger partial charge in [-0.3, -0.25) is 4.79 Å². The van der Waals surface area contributed by atoms with Crippen molar-refractivity contribution in [3.63, 3.8) is 0 Å². The van der Waals surface area contributed by atoms with Crippen molar-refractivity contribution < 1.29 is 9.32 Å². The maximum atomic E-state index is 12.5. The van der Waals surface area contributed by atoms with E-state index in [0.29, 0.717) is 5.92 Å². The molecule has 150 valence electrons. The fourth-order valence-electron chi connectivity index (χ4n) is 4.91. The molecule has 1 aromatic heterocycles. The second-order valence-corrected chi connectivity index (χ2v) is 9.34. The first kappa shape index (κ1) is 19.2. The van der Waals surface area contributed by atoms with Gasteiger partial charge in [-0.15, -0.1) is 0 Å². The lowest BCUT2D eigenvalue weighted by Gasteiger charge is -2.52. The fraction of sp³-hybridized carbons (Fsp3) is 0.583. The third-order valence-electron chi connectivity index (χ3n) is 7.09. The molecule has 28 heavy (non-hydrogen) atoms. The van der Waals surface area contributed by atoms with Gasteiger partial charge in [-0.2, -0.15) is 0 Å². The minimum atomic E-state index is 0.0216. The van der Waals surface area contributed by atoms with Crippen molar-refractivity contribution >= 4 is 5.91 Å². The minimum absolute atomic E-state index is 0.0216. The van der Waals surface area contributed by atoms with Crippen LogP contribution >= 0.6 is 0 Å². The van der Waals surface area contributed by atoms with Crippen LogP contribution in [-0.2, 0) is 12.8 Å². The molecule has 0 aliphatic heterocycles. The number of benzene rings is 1. The van der Waals surface area contributed by atoms with E-state index in [1.807, 2.05) is 30.3 Å². The van der Waals surface area contributed by atoms with E-state index in [9.17, 15) is 4.79 Å². The molecule has 0 bridgehead atoms. The lowest BCUT2D eigenvalue weighted by Crippen LogP contribution is -2.58. The van der Waals surface area contributed by atoms with Crippen LogP contribution in [0.1, 0.15) is 74.2 Å². The van der Waals surface area contributed by atoms with Crippen LogP contribution in [-0.4, -0.2) is 17.1 Å². The molecule has 1 heterocycles. The molecule has 2 aliphatic rings. The Morgan fingerprint density at radius 1 is 1.14 bits per heavy atom. The molecular formula is C24H32N2O2. The number of aromatic nitrogens is 1. The van der Waals surface area contributed by atoms with E-state index in [1.165, 1.54) is 32.1 Å². The van der Waals surface area contributed by atoms with Crippen molar-refractivity contribution in [1.82, 2.24) is 10.5 Å². The van der Waals surface area contributed by atoms with Gasteiger partial charge >= 0.3 is 0 Å². The average molecular weight is 381 g/mol. The Morgan fingerprint density at radius 3 is 2.61 bits per heavy atom. The number of carbonyl (C=O) groups excluding carboxylic acids is 1. The molecule has 2 aromatic rings. The smallest absolute Gasteiger partial charge is 0.251 e. The molecule has 4 nitrogen and oxygen atoms in total. The summed E-state index contributed by atoms with van der Waals surface area (Å²) in [4.78, 5) is 12.5. The molecule has 2 atom stereocenters. The van der Waals surface area contributed by atoms with E-state index in [0.717, 1.165) is 42.2 Å². The summed E-state index contributed by atoms with van der Waals surface area (Å²) in [5.41, 5.74) is 1.86. The summed E-state index contributed by atoms with van der Waals surface area (Å²) < 4.78 is 5.63. The van der Waals surface area contributed by atoms with E-state index in [4.69, 9.17) is 4.52 Å². The van der Waals surface area contributed by atoms with Gasteiger partial charge in [0.05, 0.1) is 5.69 Å². The topological polar surface area (TPSA) is 55.1 Å². The summed E-state index contributed by atoms with van der Waals surface area (Å²) in [6.45, 7) is 4.50. The zero-order valence-electron chi connectivity index (χ0n) is 17.1. The first-order chi connectivity index (χ1) is 13.5. The lowest BCUT2D eigenvalue weighted by atomic mass is 9.57. The van der Waals surface area contributed by atoms with Gasteiger partial charge in [0.25, 0.3) is 5.91 Å². The molecular weight excluding hydrogens is 348 g/mol. The third kappa shape index (κ3) is 4.16. The summed E-state index contributed by atoms with van der Waals surface area (Å²) in [5.74, 6) is 2.36. The van der Waals surface area contributed by atoms with Crippen LogP contribution in [0.3, 0.4) is 0 Å². The highest BCUT2D eigenvalue weighted by Crippen LogP contribution is 2.48. The summed E-state index contributed by atoms with van der Waals surface area (Å²) in [6.07, 6.45) is 9.72. The molecule has 4 rings (SSSR count). The van der Waals surface area contributed by atoms with Crippen LogP contribution in [0.15, 0.2) is 40.9 Å². The molecule has 4 heteroatoms. The van der Waals surface area contributed by atoms with Gasteiger partial charge in [-0.1, -0.05) is 69.3 Å². The molecule has 2 aliphatic carbocycles. The van der Waals surface area contributed by atoms with Gasteiger partial charge in [-0.05, 0) is 42.2 Å². The number of rotatable bonds is 6. The fourth-order valence-corrected chi connectivity index (χ4v) is 4.91. The van der Waals surface area contributed by atoms with Crippen LogP contribution in [0.25, 0.3) is 0 Å². The van der Waals surface area contributed by atoms with Gasteiger partial charge in [0.2, 0.25) is 0 Å². The van der Waals surface area contributed by atoms with Crippen LogP contribution < -0.4 is 5.32 Å². The standard InChI is InChI=1S/C24H32N2O2/c1-24(2)19(15-22(24)25-23(27)18-11-7-4-8-12-18)14-20-16-21(28-26-20)13-17-9-5-3-6-10-17/h4,7-8,11-12,16-17,19,22H,3,5-6,9-10,13-15H2,1-2H3,(H,25,27)/t19-,22+/m1/s1. The highest BCUT2D eigenvalue weighted by molar-refractivity contribution is 5.94. The summed E-state index contributed by atoms with van der Waals surface area (Å²) >= 11 is 0. The predicted octanol–water partition coefficient (Wildman–Crippen LogP) is 5.18. The van der Waals surface area contributed by atoms with E-state index in [-0.39, 0.29) is 17.4 Å². The normalized spacial score (nSPS) is 24.5. The first-order valence-electron chi connectivity index (χ1n) is 10.8. The SMILES string of the molecule is CC1(C)[C@H](Cc2cc(CC3CCCCC3)on2)C[C@@H]1NC(=O)c1ccccc1. The number of amides is 1. The van der Waals surface area contributed by atoms with Crippen LogP contribution in [0.4, 0.5) is 0 Å². The van der Waals surface area contributed by atoms with Gasteiger partial charge in [0, 0.05) is 24.1 Å². The molecule has 1 N–H and O–H groups in total. The Hall–Kier alpha value is -2.10. The van der Waals surface area contributed by atoms with Crippen molar-refractivity contribution in [3.8, 4) is 0 Å². The monoisotopic (exact) mass is 380 g/mol. The Bertz CT molecular complexity index is 790. The number of hydrogen-bond donors (Lipinski definition) is 1. The highest BCUT2D eigenvalue weighted by Gasteiger charge is 2.48. The van der Waals surface area contributed by atoms with Crippen molar-refractivity contribution in [2.45, 2.75) is 71.3 Å². The largest absolute Gasteiger partial charge is 0.361 e. The third-order valence-corrected chi connectivity index (χ3v) is 7.09. The first-order valence-corrected chi connectivity index (χ1v) is 10.8. The van der Waals surface area contributed by atoms with Crippen LogP contribution in [0, 0.1) is 17.3 Å². The number of carbonyl (C=O) groups is 1. The Balaban J connectivity index is 1.30. The van der Waals surface area contributed by atoms with Crippen molar-refractivity contribution in [2.75, 3.05) is 0 Å². The molecule has 0 saturated heterocycles. The average Bonchev–Trinajstić information content (AvgIpc) is 3.15. The van der Waals surface area contributed by atoms with E-state index in [2.05, 4.69) is 30.4 Å². The Labute approximate surface area is 168 Å². The molecule has 2 fully saturated rings. The number of nitrogens with one attached hydrogen (secondary N) is 1. The summed E-state index contributed by atoms with van der Waals surface area (Å²) in [6, 6.07) is 11.8. The van der Waals surface area contributed by atoms with Gasteiger partial charge in [-0.25, -0.2) is 0 Å². The van der Waals surface area contributed by atoms with Gasteiger partial charge in [0.15, 0.2) is 0 Å². The molecule has 0 spiro atoms. The minimum Gasteiger partial charge on any atom is -0.361 e. The lowest BCUT2D eigenvalue weighted by molar-refractivity contribution is 0.0138. The number of nitrogens with zero attached hydrogens (tertiary/aromatic N) is 1. The molecule has 1 aromatic carbocycles.